The molecule has 4 heterocycles. The third kappa shape index (κ3) is 1.89. The molecule has 2 aromatic rings. The van der Waals surface area contributed by atoms with E-state index in [0.717, 1.165) is 0 Å². The summed E-state index contributed by atoms with van der Waals surface area (Å²) in [4.78, 5) is 30.4. The monoisotopic (exact) mass is 458 g/mol. The molecule has 34 heavy (non-hydrogen) atoms. The van der Waals surface area contributed by atoms with Crippen LogP contribution in [-0.4, -0.2) is 69.2 Å². The number of carbonyl (C=O) groups is 2. The van der Waals surface area contributed by atoms with Crippen LogP contribution in [0.15, 0.2) is 60.7 Å². The molecule has 2 aliphatic carbocycles. The third-order valence-electron chi connectivity index (χ3n) is 10.4. The molecule has 4 aliphatic heterocycles. The summed E-state index contributed by atoms with van der Waals surface area (Å²) in [6.07, 6.45) is 0. The summed E-state index contributed by atoms with van der Waals surface area (Å²) in [7, 11) is 0. The van der Waals surface area contributed by atoms with E-state index >= 15 is 0 Å². The Balaban J connectivity index is 1.52. The maximum Gasteiger partial charge on any atom is 0.220 e. The van der Waals surface area contributed by atoms with Crippen LogP contribution in [0.25, 0.3) is 0 Å². The quantitative estimate of drug-likeness (QED) is 0.734. The molecular formula is C28H30N2O4. The lowest BCUT2D eigenvalue weighted by molar-refractivity contribution is -0.407. The van der Waals surface area contributed by atoms with Gasteiger partial charge < -0.3 is 20.0 Å². The molecule has 2 aromatic carbocycles. The average Bonchev–Trinajstić information content (AvgIpc) is 2.81. The smallest absolute Gasteiger partial charge is 0.220 e. The molecule has 6 fully saturated rings. The maximum atomic E-state index is 13.2. The highest BCUT2D eigenvalue weighted by Gasteiger charge is 2.92. The Morgan fingerprint density at radius 1 is 0.676 bits per heavy atom. The predicted octanol–water partition coefficient (Wildman–Crippen LogP) is 1.98. The summed E-state index contributed by atoms with van der Waals surface area (Å²) in [5.74, 6) is 0.0627. The number of rotatable bonds is 4. The Morgan fingerprint density at radius 3 is 1.26 bits per heavy atom. The zero-order valence-corrected chi connectivity index (χ0v) is 19.4. The molecular weight excluding hydrogens is 428 g/mol. The van der Waals surface area contributed by atoms with E-state index in [0.29, 0.717) is 0 Å². The average molecular weight is 459 g/mol. The van der Waals surface area contributed by atoms with Gasteiger partial charge in [0.05, 0.1) is 13.2 Å². The van der Waals surface area contributed by atoms with Crippen molar-refractivity contribution in [1.82, 2.24) is 9.80 Å². The summed E-state index contributed by atoms with van der Waals surface area (Å²) in [6.45, 7) is 3.09. The number of aliphatic hydroxyl groups excluding tert-OH is 2. The molecule has 2 N–H and O–H groups in total. The Hall–Kier alpha value is -2.70. The van der Waals surface area contributed by atoms with Gasteiger partial charge in [-0.3, -0.25) is 9.59 Å². The predicted molar refractivity (Wildman–Crippen MR) is 125 cm³/mol. The van der Waals surface area contributed by atoms with Gasteiger partial charge >= 0.3 is 0 Å². The minimum atomic E-state index is -0.601. The molecule has 0 radical (unpaired) electrons. The second-order valence-electron chi connectivity index (χ2n) is 11.1. The highest BCUT2D eigenvalue weighted by Crippen LogP contribution is 2.84. The van der Waals surface area contributed by atoms with Crippen LogP contribution >= 0.6 is 0 Å². The van der Waals surface area contributed by atoms with E-state index in [1.165, 1.54) is 11.1 Å². The van der Waals surface area contributed by atoms with Crippen molar-refractivity contribution in [3.05, 3.63) is 71.8 Å². The van der Waals surface area contributed by atoms with E-state index < -0.39 is 10.8 Å². The van der Waals surface area contributed by atoms with E-state index in [4.69, 9.17) is 0 Å². The number of hydrogen-bond acceptors (Lipinski definition) is 4. The van der Waals surface area contributed by atoms with Gasteiger partial charge in [-0.25, -0.2) is 0 Å². The highest BCUT2D eigenvalue weighted by atomic mass is 16.3. The van der Waals surface area contributed by atoms with Gasteiger partial charge in [0.1, 0.15) is 0 Å². The zero-order chi connectivity index (χ0) is 23.6. The van der Waals surface area contributed by atoms with Crippen LogP contribution in [0.5, 0.6) is 0 Å². The topological polar surface area (TPSA) is 81.1 Å². The van der Waals surface area contributed by atoms with Gasteiger partial charge in [-0.1, -0.05) is 60.7 Å². The first-order chi connectivity index (χ1) is 16.5. The molecule has 6 atom stereocenters. The molecule has 6 heteroatoms. The van der Waals surface area contributed by atoms with E-state index in [-0.39, 0.29) is 72.9 Å². The number of benzene rings is 2. The summed E-state index contributed by atoms with van der Waals surface area (Å²) >= 11 is 0. The SMILES string of the molecule is CC(=O)N1C2C3C4N(C(C)=O)C5C(C1C5(CO)[C@H]3c1ccccc1)[C@@H](c1ccccc1)C24CO. The van der Waals surface area contributed by atoms with Crippen molar-refractivity contribution in [2.45, 2.75) is 49.9 Å². The molecule has 4 saturated heterocycles. The van der Waals surface area contributed by atoms with Gasteiger partial charge in [0, 0.05) is 72.5 Å². The zero-order valence-electron chi connectivity index (χ0n) is 19.4. The Labute approximate surface area is 199 Å². The highest BCUT2D eigenvalue weighted by molar-refractivity contribution is 5.81. The molecule has 2 amide bonds. The Bertz CT molecular complexity index is 1070. The van der Waals surface area contributed by atoms with Gasteiger partial charge in [-0.05, 0) is 11.1 Å². The van der Waals surface area contributed by atoms with Gasteiger partial charge in [0.2, 0.25) is 11.8 Å². The first-order valence-electron chi connectivity index (χ1n) is 12.4. The van der Waals surface area contributed by atoms with Crippen molar-refractivity contribution in [3.8, 4) is 0 Å². The van der Waals surface area contributed by atoms with Crippen LogP contribution in [0.2, 0.25) is 0 Å². The van der Waals surface area contributed by atoms with Crippen LogP contribution in [0.3, 0.4) is 0 Å². The number of aliphatic hydroxyl groups is 2. The first kappa shape index (κ1) is 20.7. The molecule has 6 aliphatic rings. The number of hydrogen-bond donors (Lipinski definition) is 2. The minimum Gasteiger partial charge on any atom is -0.396 e. The fourth-order valence-electron chi connectivity index (χ4n) is 9.94. The molecule has 8 bridgehead atoms. The van der Waals surface area contributed by atoms with E-state index in [1.54, 1.807) is 13.8 Å². The molecule has 8 rings (SSSR count). The molecule has 176 valence electrons. The van der Waals surface area contributed by atoms with Crippen molar-refractivity contribution < 1.29 is 19.8 Å². The van der Waals surface area contributed by atoms with Gasteiger partial charge in [-0.2, -0.15) is 0 Å². The molecule has 0 spiro atoms. The van der Waals surface area contributed by atoms with Crippen molar-refractivity contribution in [3.63, 3.8) is 0 Å². The molecule has 2 saturated carbocycles. The number of piperidine rings is 4. The molecule has 4 unspecified atom stereocenters. The summed E-state index contributed by atoms with van der Waals surface area (Å²) in [5.41, 5.74) is 1.13. The molecule has 0 aromatic heterocycles. The minimum absolute atomic E-state index is 0.00634. The lowest BCUT2D eigenvalue weighted by Gasteiger charge is -2.92. The number of nitrogens with zero attached hydrogens (tertiary/aromatic N) is 2. The van der Waals surface area contributed by atoms with E-state index in [2.05, 4.69) is 24.3 Å². The second kappa shape index (κ2) is 6.49. The van der Waals surface area contributed by atoms with Crippen LogP contribution in [-0.2, 0) is 9.59 Å². The van der Waals surface area contributed by atoms with Crippen molar-refractivity contribution >= 4 is 11.8 Å². The summed E-state index contributed by atoms with van der Waals surface area (Å²) in [5, 5.41) is 22.2. The van der Waals surface area contributed by atoms with Crippen molar-refractivity contribution in [1.29, 1.82) is 0 Å². The van der Waals surface area contributed by atoms with E-state index in [1.807, 2.05) is 46.2 Å². The third-order valence-corrected chi connectivity index (χ3v) is 10.4. The van der Waals surface area contributed by atoms with Crippen LogP contribution in [0.4, 0.5) is 0 Å². The number of carbonyl (C=O) groups excluding carboxylic acids is 2. The standard InChI is InChI=1S/C28H30N2O4/c1-15(33)29-23-19-21(17-9-5-3-6-10-17)27(13-31)24(29)20-22(18-11-7-4-8-12-18)28(23,14-32)25(19)30(16(2)34)26(20)27/h3-12,19-26,31-32H,13-14H2,1-2H3/t19?,20?,21-,22+,23?,24?,25?,26?,27?,28?. The van der Waals surface area contributed by atoms with Gasteiger partial charge in [0.15, 0.2) is 0 Å². The Morgan fingerprint density at radius 2 is 1.00 bits per heavy atom. The molecule has 6 nitrogen and oxygen atoms in total. The lowest BCUT2D eigenvalue weighted by Crippen LogP contribution is -3.02. The fraction of sp³-hybridized carbons (Fsp3) is 0.500. The van der Waals surface area contributed by atoms with Gasteiger partial charge in [0.25, 0.3) is 0 Å². The van der Waals surface area contributed by atoms with Crippen LogP contribution in [0.1, 0.15) is 36.8 Å². The fourth-order valence-corrected chi connectivity index (χ4v) is 9.94. The van der Waals surface area contributed by atoms with Crippen LogP contribution < -0.4 is 0 Å². The Kier molecular flexibility index (Phi) is 3.94. The van der Waals surface area contributed by atoms with E-state index in [9.17, 15) is 19.8 Å². The first-order valence-corrected chi connectivity index (χ1v) is 12.4. The normalized spacial score (nSPS) is 44.5. The number of amides is 2. The maximum absolute atomic E-state index is 13.2. The van der Waals surface area contributed by atoms with Crippen molar-refractivity contribution in [2.75, 3.05) is 13.2 Å². The van der Waals surface area contributed by atoms with Crippen molar-refractivity contribution in [2.24, 2.45) is 22.7 Å². The van der Waals surface area contributed by atoms with Gasteiger partial charge in [-0.15, -0.1) is 0 Å². The summed E-state index contributed by atoms with van der Waals surface area (Å²) in [6, 6.07) is 19.9. The second-order valence-corrected chi connectivity index (χ2v) is 11.1. The summed E-state index contributed by atoms with van der Waals surface area (Å²) < 4.78 is 0. The lowest BCUT2D eigenvalue weighted by atomic mass is 9.23. The van der Waals surface area contributed by atoms with Crippen LogP contribution in [0, 0.1) is 22.7 Å². The largest absolute Gasteiger partial charge is 0.396 e.